The van der Waals surface area contributed by atoms with Gasteiger partial charge < -0.3 is 20.5 Å². The summed E-state index contributed by atoms with van der Waals surface area (Å²) >= 11 is 0. The summed E-state index contributed by atoms with van der Waals surface area (Å²) in [6.45, 7) is 2.62. The molecule has 5 nitrogen and oxygen atoms in total. The number of halogens is 1. The molecule has 1 aromatic rings. The lowest BCUT2D eigenvalue weighted by Crippen LogP contribution is -2.34. The molecule has 1 aromatic carbocycles. The number of β-amino-alcohol motifs (C(OH)–C–C–N with tert-alkyl or cyclic N) is 1. The first-order valence-electron chi connectivity index (χ1n) is 9.12. The van der Waals surface area contributed by atoms with Crippen LogP contribution in [-0.4, -0.2) is 43.4 Å². The van der Waals surface area contributed by atoms with Crippen LogP contribution in [0.25, 0.3) is 0 Å². The third-order valence-electron chi connectivity index (χ3n) is 5.16. The van der Waals surface area contributed by atoms with E-state index in [0.717, 1.165) is 18.9 Å². The summed E-state index contributed by atoms with van der Waals surface area (Å²) in [5.41, 5.74) is 0.625. The van der Waals surface area contributed by atoms with Crippen LogP contribution in [0.5, 0.6) is 5.75 Å². The summed E-state index contributed by atoms with van der Waals surface area (Å²) in [5, 5.41) is 15.8. The zero-order valence-electron chi connectivity index (χ0n) is 14.6. The second-order valence-electron chi connectivity index (χ2n) is 7.04. The lowest BCUT2D eigenvalue weighted by atomic mass is 9.90. The molecule has 1 saturated carbocycles. The maximum atomic E-state index is 12.2. The van der Waals surface area contributed by atoms with Crippen LogP contribution < -0.4 is 15.4 Å². The molecule has 1 heterocycles. The normalized spacial score (nSPS) is 23.7. The Labute approximate surface area is 155 Å². The molecule has 2 unspecified atom stereocenters. The average molecular weight is 369 g/mol. The molecule has 140 valence electrons. The second kappa shape index (κ2) is 10.00. The molecule has 1 saturated heterocycles. The van der Waals surface area contributed by atoms with Gasteiger partial charge in [-0.2, -0.15) is 0 Å². The number of nitrogens with one attached hydrogen (secondary N) is 2. The molecule has 25 heavy (non-hydrogen) atoms. The van der Waals surface area contributed by atoms with Gasteiger partial charge in [0.2, 0.25) is 0 Å². The summed E-state index contributed by atoms with van der Waals surface area (Å²) in [5.74, 6) is 1.49. The van der Waals surface area contributed by atoms with Gasteiger partial charge in [-0.3, -0.25) is 4.79 Å². The number of carbonyl (C=O) groups is 1. The quantitative estimate of drug-likeness (QED) is 0.721. The van der Waals surface area contributed by atoms with Crippen molar-refractivity contribution >= 4 is 18.3 Å². The Morgan fingerprint density at radius 2 is 1.88 bits per heavy atom. The number of hydrogen-bond acceptors (Lipinski definition) is 4. The largest absolute Gasteiger partial charge is 0.493 e. The predicted molar refractivity (Wildman–Crippen MR) is 100 cm³/mol. The van der Waals surface area contributed by atoms with Crippen molar-refractivity contribution in [1.82, 2.24) is 10.6 Å². The molecule has 0 bridgehead atoms. The topological polar surface area (TPSA) is 70.6 Å². The van der Waals surface area contributed by atoms with Gasteiger partial charge in [0.15, 0.2) is 0 Å². The van der Waals surface area contributed by atoms with Gasteiger partial charge in [0.1, 0.15) is 5.75 Å². The number of aliphatic hydroxyl groups is 1. The lowest BCUT2D eigenvalue weighted by Gasteiger charge is -2.21. The molecule has 2 fully saturated rings. The van der Waals surface area contributed by atoms with Crippen LogP contribution in [0.15, 0.2) is 24.3 Å². The number of benzene rings is 1. The molecular formula is C19H29ClN2O3. The summed E-state index contributed by atoms with van der Waals surface area (Å²) in [6.07, 6.45) is 6.15. The summed E-state index contributed by atoms with van der Waals surface area (Å²) in [7, 11) is 0. The number of rotatable bonds is 6. The van der Waals surface area contributed by atoms with E-state index < -0.39 is 0 Å². The smallest absolute Gasteiger partial charge is 0.251 e. The molecule has 3 rings (SSSR count). The van der Waals surface area contributed by atoms with E-state index in [0.29, 0.717) is 24.6 Å². The Hall–Kier alpha value is -1.30. The molecule has 1 amide bonds. The number of hydrogen-bond donors (Lipinski definition) is 3. The highest BCUT2D eigenvalue weighted by atomic mass is 35.5. The highest BCUT2D eigenvalue weighted by molar-refractivity contribution is 5.94. The Kier molecular flexibility index (Phi) is 8.00. The highest BCUT2D eigenvalue weighted by Gasteiger charge is 2.25. The number of ether oxygens (including phenoxy) is 1. The minimum atomic E-state index is -0.374. The van der Waals surface area contributed by atoms with E-state index in [1.807, 2.05) is 12.1 Å². The molecule has 0 spiro atoms. The molecule has 0 aromatic heterocycles. The number of carbonyl (C=O) groups excluding carboxylic acids is 1. The molecule has 3 N–H and O–H groups in total. The molecule has 2 aliphatic rings. The van der Waals surface area contributed by atoms with Crippen LogP contribution in [-0.2, 0) is 0 Å². The van der Waals surface area contributed by atoms with Gasteiger partial charge in [0, 0.05) is 31.1 Å². The van der Waals surface area contributed by atoms with Gasteiger partial charge in [-0.1, -0.05) is 19.3 Å². The van der Waals surface area contributed by atoms with E-state index in [1.54, 1.807) is 12.1 Å². The molecule has 1 aliphatic carbocycles. The molecule has 0 radical (unpaired) electrons. The fourth-order valence-corrected chi connectivity index (χ4v) is 3.52. The van der Waals surface area contributed by atoms with Crippen molar-refractivity contribution in [2.45, 2.75) is 38.2 Å². The average Bonchev–Trinajstić information content (AvgIpc) is 3.04. The summed E-state index contributed by atoms with van der Waals surface area (Å²) in [6, 6.07) is 7.33. The van der Waals surface area contributed by atoms with E-state index in [4.69, 9.17) is 4.74 Å². The van der Waals surface area contributed by atoms with E-state index >= 15 is 0 Å². The Bertz CT molecular complexity index is 532. The highest BCUT2D eigenvalue weighted by Crippen LogP contribution is 2.24. The molecule has 6 heteroatoms. The van der Waals surface area contributed by atoms with Gasteiger partial charge in [0.25, 0.3) is 5.91 Å². The van der Waals surface area contributed by atoms with Gasteiger partial charge in [-0.15, -0.1) is 12.4 Å². The third kappa shape index (κ3) is 5.87. The van der Waals surface area contributed by atoms with Crippen molar-refractivity contribution in [3.05, 3.63) is 29.8 Å². The van der Waals surface area contributed by atoms with Crippen LogP contribution in [0, 0.1) is 11.8 Å². The maximum absolute atomic E-state index is 12.2. The van der Waals surface area contributed by atoms with Crippen LogP contribution in [0.3, 0.4) is 0 Å². The summed E-state index contributed by atoms with van der Waals surface area (Å²) in [4.78, 5) is 12.2. The first-order chi connectivity index (χ1) is 11.7. The standard InChI is InChI=1S/C19H28N2O3.ClH/c22-18-12-20-10-16(18)11-21-19(23)15-6-8-17(9-7-15)24-13-14-4-2-1-3-5-14;/h6-9,14,16,18,20,22H,1-5,10-13H2,(H,21,23);1H. The van der Waals surface area contributed by atoms with Crippen molar-refractivity contribution < 1.29 is 14.6 Å². The minimum absolute atomic E-state index is 0. The number of amides is 1. The molecular weight excluding hydrogens is 340 g/mol. The minimum Gasteiger partial charge on any atom is -0.493 e. The molecule has 2 atom stereocenters. The van der Waals surface area contributed by atoms with Gasteiger partial charge in [-0.05, 0) is 43.0 Å². The van der Waals surface area contributed by atoms with Gasteiger partial charge >= 0.3 is 0 Å². The van der Waals surface area contributed by atoms with E-state index in [1.165, 1.54) is 32.1 Å². The third-order valence-corrected chi connectivity index (χ3v) is 5.16. The second-order valence-corrected chi connectivity index (χ2v) is 7.04. The SMILES string of the molecule is Cl.O=C(NCC1CNCC1O)c1ccc(OCC2CCCCC2)cc1. The van der Waals surface area contributed by atoms with Crippen molar-refractivity contribution in [2.24, 2.45) is 11.8 Å². The lowest BCUT2D eigenvalue weighted by molar-refractivity contribution is 0.0927. The Balaban J connectivity index is 0.00000225. The summed E-state index contributed by atoms with van der Waals surface area (Å²) < 4.78 is 5.86. The van der Waals surface area contributed by atoms with Gasteiger partial charge in [0.05, 0.1) is 12.7 Å². The first kappa shape index (κ1) is 20.0. The fraction of sp³-hybridized carbons (Fsp3) is 0.632. The first-order valence-corrected chi connectivity index (χ1v) is 9.12. The van der Waals surface area contributed by atoms with E-state index in [9.17, 15) is 9.90 Å². The van der Waals surface area contributed by atoms with Crippen LogP contribution >= 0.6 is 12.4 Å². The maximum Gasteiger partial charge on any atom is 0.251 e. The van der Waals surface area contributed by atoms with Crippen molar-refractivity contribution in [2.75, 3.05) is 26.2 Å². The van der Waals surface area contributed by atoms with Crippen molar-refractivity contribution in [1.29, 1.82) is 0 Å². The Morgan fingerprint density at radius 3 is 2.52 bits per heavy atom. The zero-order valence-corrected chi connectivity index (χ0v) is 15.4. The molecule has 1 aliphatic heterocycles. The van der Waals surface area contributed by atoms with Crippen molar-refractivity contribution in [3.63, 3.8) is 0 Å². The van der Waals surface area contributed by atoms with E-state index in [2.05, 4.69) is 10.6 Å². The van der Waals surface area contributed by atoms with E-state index in [-0.39, 0.29) is 30.3 Å². The van der Waals surface area contributed by atoms with Crippen molar-refractivity contribution in [3.8, 4) is 5.75 Å². The fourth-order valence-electron chi connectivity index (χ4n) is 3.52. The van der Waals surface area contributed by atoms with Crippen LogP contribution in [0.1, 0.15) is 42.5 Å². The van der Waals surface area contributed by atoms with Crippen LogP contribution in [0.2, 0.25) is 0 Å². The number of aliphatic hydroxyl groups excluding tert-OH is 1. The Morgan fingerprint density at radius 1 is 1.16 bits per heavy atom. The predicted octanol–water partition coefficient (Wildman–Crippen LogP) is 2.38. The van der Waals surface area contributed by atoms with Crippen LogP contribution in [0.4, 0.5) is 0 Å². The van der Waals surface area contributed by atoms with Gasteiger partial charge in [-0.25, -0.2) is 0 Å². The zero-order chi connectivity index (χ0) is 16.8. The monoisotopic (exact) mass is 368 g/mol.